The highest BCUT2D eigenvalue weighted by Crippen LogP contribution is 2.17. The van der Waals surface area contributed by atoms with E-state index in [1.165, 1.54) is 11.4 Å². The van der Waals surface area contributed by atoms with Crippen LogP contribution in [0, 0.1) is 5.92 Å². The molecule has 0 fully saturated rings. The second-order valence-corrected chi connectivity index (χ2v) is 7.71. The SMILES string of the molecule is CCS(=O)(=O)N(C)c1ccc(C(=O)N[C@@H](C)C(C)C)cc1. The summed E-state index contributed by atoms with van der Waals surface area (Å²) in [7, 11) is -1.77. The van der Waals surface area contributed by atoms with Crippen molar-refractivity contribution in [2.24, 2.45) is 5.92 Å². The van der Waals surface area contributed by atoms with Gasteiger partial charge in [0.1, 0.15) is 0 Å². The molecule has 0 aliphatic rings. The van der Waals surface area contributed by atoms with Crippen molar-refractivity contribution in [3.05, 3.63) is 29.8 Å². The van der Waals surface area contributed by atoms with Gasteiger partial charge in [-0.3, -0.25) is 9.10 Å². The molecular formula is C15H24N2O3S. The lowest BCUT2D eigenvalue weighted by Crippen LogP contribution is -2.36. The van der Waals surface area contributed by atoms with Crippen LogP contribution in [0.1, 0.15) is 38.1 Å². The maximum atomic E-state index is 12.1. The summed E-state index contributed by atoms with van der Waals surface area (Å²) in [6.45, 7) is 7.64. The van der Waals surface area contributed by atoms with E-state index in [1.807, 2.05) is 20.8 Å². The molecule has 0 saturated carbocycles. The van der Waals surface area contributed by atoms with Crippen molar-refractivity contribution in [1.82, 2.24) is 5.32 Å². The predicted molar refractivity (Wildman–Crippen MR) is 86.1 cm³/mol. The third kappa shape index (κ3) is 4.46. The summed E-state index contributed by atoms with van der Waals surface area (Å²) >= 11 is 0. The van der Waals surface area contributed by atoms with Gasteiger partial charge >= 0.3 is 0 Å². The third-order valence-electron chi connectivity index (χ3n) is 3.63. The zero-order valence-corrected chi connectivity index (χ0v) is 14.1. The predicted octanol–water partition coefficient (Wildman–Crippen LogP) is 2.25. The summed E-state index contributed by atoms with van der Waals surface area (Å²) in [5.41, 5.74) is 1.07. The van der Waals surface area contributed by atoms with Crippen LogP contribution in [0.3, 0.4) is 0 Å². The molecule has 1 atom stereocenters. The van der Waals surface area contributed by atoms with Gasteiger partial charge in [-0.2, -0.15) is 0 Å². The number of benzene rings is 1. The number of sulfonamides is 1. The van der Waals surface area contributed by atoms with E-state index in [2.05, 4.69) is 5.32 Å². The number of carbonyl (C=O) groups is 1. The lowest BCUT2D eigenvalue weighted by Gasteiger charge is -2.19. The van der Waals surface area contributed by atoms with Crippen molar-refractivity contribution >= 4 is 21.6 Å². The number of carbonyl (C=O) groups excluding carboxylic acids is 1. The maximum Gasteiger partial charge on any atom is 0.251 e. The van der Waals surface area contributed by atoms with Crippen LogP contribution in [0.2, 0.25) is 0 Å². The maximum absolute atomic E-state index is 12.1. The summed E-state index contributed by atoms with van der Waals surface area (Å²) in [4.78, 5) is 12.1. The lowest BCUT2D eigenvalue weighted by molar-refractivity contribution is 0.0930. The first-order valence-electron chi connectivity index (χ1n) is 7.06. The Hall–Kier alpha value is -1.56. The van der Waals surface area contributed by atoms with Gasteiger partial charge in [-0.25, -0.2) is 8.42 Å². The molecule has 6 heteroatoms. The lowest BCUT2D eigenvalue weighted by atomic mass is 10.1. The molecule has 0 spiro atoms. The average Bonchev–Trinajstić information content (AvgIpc) is 2.46. The van der Waals surface area contributed by atoms with E-state index in [0.717, 1.165) is 0 Å². The van der Waals surface area contributed by atoms with Gasteiger partial charge in [0.15, 0.2) is 0 Å². The molecule has 1 rings (SSSR count). The Morgan fingerprint density at radius 2 is 1.71 bits per heavy atom. The minimum Gasteiger partial charge on any atom is -0.349 e. The first kappa shape index (κ1) is 17.5. The van der Waals surface area contributed by atoms with Crippen LogP contribution in [-0.4, -0.2) is 33.2 Å². The van der Waals surface area contributed by atoms with Gasteiger partial charge in [0.25, 0.3) is 5.91 Å². The smallest absolute Gasteiger partial charge is 0.251 e. The highest BCUT2D eigenvalue weighted by molar-refractivity contribution is 7.92. The second-order valence-electron chi connectivity index (χ2n) is 5.42. The first-order chi connectivity index (χ1) is 9.69. The van der Waals surface area contributed by atoms with Crippen LogP contribution in [0.5, 0.6) is 0 Å². The number of nitrogens with zero attached hydrogens (tertiary/aromatic N) is 1. The fraction of sp³-hybridized carbons (Fsp3) is 0.533. The summed E-state index contributed by atoms with van der Waals surface area (Å²) in [6.07, 6.45) is 0. The summed E-state index contributed by atoms with van der Waals surface area (Å²) in [5.74, 6) is 0.246. The highest BCUT2D eigenvalue weighted by Gasteiger charge is 2.17. The molecule has 1 N–H and O–H groups in total. The van der Waals surface area contributed by atoms with Crippen molar-refractivity contribution in [2.45, 2.75) is 33.7 Å². The Morgan fingerprint density at radius 3 is 2.14 bits per heavy atom. The Morgan fingerprint density at radius 1 is 1.19 bits per heavy atom. The van der Waals surface area contributed by atoms with E-state index in [0.29, 0.717) is 17.2 Å². The Kier molecular flexibility index (Phi) is 5.78. The number of hydrogen-bond acceptors (Lipinski definition) is 3. The van der Waals surface area contributed by atoms with Gasteiger partial charge in [-0.15, -0.1) is 0 Å². The number of hydrogen-bond donors (Lipinski definition) is 1. The molecule has 0 saturated heterocycles. The van der Waals surface area contributed by atoms with Gasteiger partial charge in [0.2, 0.25) is 10.0 Å². The molecule has 0 aliphatic heterocycles. The third-order valence-corrected chi connectivity index (χ3v) is 5.41. The number of amides is 1. The normalized spacial score (nSPS) is 13.0. The fourth-order valence-corrected chi connectivity index (χ4v) is 2.46. The standard InChI is InChI=1S/C15H24N2O3S/c1-6-21(19,20)17(5)14-9-7-13(8-10-14)15(18)16-12(4)11(2)3/h7-12H,6H2,1-5H3,(H,16,18)/t12-/m0/s1. The first-order valence-corrected chi connectivity index (χ1v) is 8.67. The van der Waals surface area contributed by atoms with E-state index in [1.54, 1.807) is 31.2 Å². The van der Waals surface area contributed by atoms with Crippen molar-refractivity contribution in [3.63, 3.8) is 0 Å². The van der Waals surface area contributed by atoms with Crippen LogP contribution in [0.4, 0.5) is 5.69 Å². The zero-order valence-electron chi connectivity index (χ0n) is 13.3. The molecule has 0 heterocycles. The molecule has 21 heavy (non-hydrogen) atoms. The molecule has 0 bridgehead atoms. The van der Waals surface area contributed by atoms with Crippen molar-refractivity contribution in [2.75, 3.05) is 17.1 Å². The number of anilines is 1. The Labute approximate surface area is 127 Å². The molecule has 0 aromatic heterocycles. The highest BCUT2D eigenvalue weighted by atomic mass is 32.2. The molecule has 1 aromatic carbocycles. The van der Waals surface area contributed by atoms with E-state index in [-0.39, 0.29) is 17.7 Å². The van der Waals surface area contributed by atoms with Crippen molar-refractivity contribution < 1.29 is 13.2 Å². The van der Waals surface area contributed by atoms with Gasteiger partial charge in [-0.1, -0.05) is 13.8 Å². The molecule has 0 radical (unpaired) electrons. The van der Waals surface area contributed by atoms with Gasteiger partial charge in [0.05, 0.1) is 11.4 Å². The molecule has 0 aliphatic carbocycles. The Balaban J connectivity index is 2.86. The van der Waals surface area contributed by atoms with E-state index in [4.69, 9.17) is 0 Å². The van der Waals surface area contributed by atoms with Gasteiger partial charge in [0, 0.05) is 18.7 Å². The summed E-state index contributed by atoms with van der Waals surface area (Å²) in [6, 6.07) is 6.64. The zero-order chi connectivity index (χ0) is 16.2. The second kappa shape index (κ2) is 6.93. The molecule has 5 nitrogen and oxygen atoms in total. The van der Waals surface area contributed by atoms with Gasteiger partial charge < -0.3 is 5.32 Å². The Bertz CT molecular complexity index is 579. The number of rotatable bonds is 6. The summed E-state index contributed by atoms with van der Waals surface area (Å²) < 4.78 is 24.8. The van der Waals surface area contributed by atoms with Crippen LogP contribution < -0.4 is 9.62 Å². The van der Waals surface area contributed by atoms with Crippen LogP contribution in [0.15, 0.2) is 24.3 Å². The van der Waals surface area contributed by atoms with Gasteiger partial charge in [-0.05, 0) is 44.0 Å². The largest absolute Gasteiger partial charge is 0.349 e. The monoisotopic (exact) mass is 312 g/mol. The quantitative estimate of drug-likeness (QED) is 0.876. The average molecular weight is 312 g/mol. The topological polar surface area (TPSA) is 66.5 Å². The molecule has 118 valence electrons. The number of nitrogens with one attached hydrogen (secondary N) is 1. The molecular weight excluding hydrogens is 288 g/mol. The minimum atomic E-state index is -3.28. The minimum absolute atomic E-state index is 0.0393. The fourth-order valence-electron chi connectivity index (χ4n) is 1.63. The van der Waals surface area contributed by atoms with Crippen LogP contribution in [0.25, 0.3) is 0 Å². The van der Waals surface area contributed by atoms with Crippen molar-refractivity contribution in [3.8, 4) is 0 Å². The molecule has 1 amide bonds. The van der Waals surface area contributed by atoms with E-state index < -0.39 is 10.0 Å². The summed E-state index contributed by atoms with van der Waals surface area (Å²) in [5, 5.41) is 2.91. The van der Waals surface area contributed by atoms with E-state index in [9.17, 15) is 13.2 Å². The molecule has 0 unspecified atom stereocenters. The van der Waals surface area contributed by atoms with Crippen molar-refractivity contribution in [1.29, 1.82) is 0 Å². The van der Waals surface area contributed by atoms with Crippen LogP contribution >= 0.6 is 0 Å². The van der Waals surface area contributed by atoms with Crippen LogP contribution in [-0.2, 0) is 10.0 Å². The van der Waals surface area contributed by atoms with E-state index >= 15 is 0 Å². The molecule has 1 aromatic rings.